The lowest BCUT2D eigenvalue weighted by Gasteiger charge is -2.14. The number of hydrogen-bond donors (Lipinski definition) is 4. The molecule has 1 fully saturated rings. The minimum absolute atomic E-state index is 0.0854. The maximum absolute atomic E-state index is 11.4. The van der Waals surface area contributed by atoms with Crippen molar-refractivity contribution in [1.29, 1.82) is 0 Å². The Kier molecular flexibility index (Phi) is 6.95. The van der Waals surface area contributed by atoms with Crippen molar-refractivity contribution in [2.75, 3.05) is 11.9 Å². The third-order valence-electron chi connectivity index (χ3n) is 4.28. The summed E-state index contributed by atoms with van der Waals surface area (Å²) in [6.45, 7) is 4.24. The molecule has 3 rings (SSSR count). The molecule has 0 unspecified atom stereocenters. The summed E-state index contributed by atoms with van der Waals surface area (Å²) < 4.78 is 22.7. The Balaban J connectivity index is 1.68. The molecule has 9 nitrogen and oxygen atoms in total. The Morgan fingerprint density at radius 3 is 2.40 bits per heavy atom. The molecule has 0 aliphatic heterocycles. The van der Waals surface area contributed by atoms with Crippen molar-refractivity contribution < 1.29 is 8.42 Å². The number of aromatic nitrogens is 2. The fourth-order valence-corrected chi connectivity index (χ4v) is 3.48. The van der Waals surface area contributed by atoms with E-state index in [-0.39, 0.29) is 4.90 Å². The lowest BCUT2D eigenvalue weighted by Crippen LogP contribution is -2.43. The number of primary sulfonamides is 1. The number of nitrogens with one attached hydrogen (secondary N) is 3. The molecule has 1 aromatic carbocycles. The summed E-state index contributed by atoms with van der Waals surface area (Å²) in [5.74, 6) is 0.879. The molecule has 0 atom stereocenters. The van der Waals surface area contributed by atoms with Gasteiger partial charge in [0.1, 0.15) is 0 Å². The molecular formula is C19H25N7O2S2. The molecule has 0 bridgehead atoms. The number of guanidine groups is 1. The Morgan fingerprint density at radius 2 is 1.83 bits per heavy atom. The number of sulfonamides is 1. The van der Waals surface area contributed by atoms with Gasteiger partial charge in [0.05, 0.1) is 4.90 Å². The average Bonchev–Trinajstić information content (AvgIpc) is 3.44. The van der Waals surface area contributed by atoms with E-state index >= 15 is 0 Å². The molecule has 0 spiro atoms. The molecule has 160 valence electrons. The maximum atomic E-state index is 11.4. The first kappa shape index (κ1) is 22.1. The van der Waals surface area contributed by atoms with Crippen molar-refractivity contribution >= 4 is 39.3 Å². The molecular weight excluding hydrogens is 422 g/mol. The molecule has 2 aromatic rings. The number of nitrogens with zero attached hydrogens (tertiary/aromatic N) is 3. The second kappa shape index (κ2) is 9.45. The van der Waals surface area contributed by atoms with Crippen LogP contribution in [0.5, 0.6) is 0 Å². The summed E-state index contributed by atoms with van der Waals surface area (Å²) in [6.07, 6.45) is 2.82. The van der Waals surface area contributed by atoms with E-state index in [1.807, 2.05) is 19.9 Å². The topological polar surface area (TPSA) is 134 Å². The summed E-state index contributed by atoms with van der Waals surface area (Å²) >= 11 is 5.35. The van der Waals surface area contributed by atoms with Gasteiger partial charge in [-0.05, 0) is 69.1 Å². The number of hydrogen-bond acceptors (Lipinski definition) is 6. The van der Waals surface area contributed by atoms with E-state index in [1.54, 1.807) is 12.1 Å². The zero-order valence-electron chi connectivity index (χ0n) is 16.8. The minimum Gasteiger partial charge on any atom is -0.360 e. The smallest absolute Gasteiger partial charge is 0.238 e. The SMILES string of the molecule is Cc1cc(C)nc(NC(=NCCc2ccc(S(N)(=O)=O)cc2)NC(=S)NC2CC2)n1. The van der Waals surface area contributed by atoms with Gasteiger partial charge < -0.3 is 10.6 Å². The second-order valence-electron chi connectivity index (χ2n) is 7.14. The highest BCUT2D eigenvalue weighted by Crippen LogP contribution is 2.18. The van der Waals surface area contributed by atoms with E-state index in [9.17, 15) is 8.42 Å². The third kappa shape index (κ3) is 7.01. The zero-order valence-corrected chi connectivity index (χ0v) is 18.5. The van der Waals surface area contributed by atoms with Crippen molar-refractivity contribution in [2.24, 2.45) is 10.1 Å². The Bertz CT molecular complexity index is 1030. The van der Waals surface area contributed by atoms with Crippen molar-refractivity contribution in [3.05, 3.63) is 47.3 Å². The van der Waals surface area contributed by atoms with E-state index in [0.717, 1.165) is 29.8 Å². The van der Waals surface area contributed by atoms with Gasteiger partial charge in [-0.1, -0.05) is 12.1 Å². The predicted molar refractivity (Wildman–Crippen MR) is 121 cm³/mol. The first-order valence-electron chi connectivity index (χ1n) is 9.52. The van der Waals surface area contributed by atoms with E-state index in [0.29, 0.717) is 36.0 Å². The molecule has 1 saturated carbocycles. The first-order chi connectivity index (χ1) is 14.2. The van der Waals surface area contributed by atoms with E-state index in [2.05, 4.69) is 30.9 Å². The summed E-state index contributed by atoms with van der Waals surface area (Å²) in [5, 5.41) is 15.0. The van der Waals surface area contributed by atoms with Gasteiger partial charge >= 0.3 is 0 Å². The van der Waals surface area contributed by atoms with Gasteiger partial charge in [-0.25, -0.2) is 23.5 Å². The number of rotatable bonds is 6. The van der Waals surface area contributed by atoms with Crippen LogP contribution in [0.1, 0.15) is 29.8 Å². The van der Waals surface area contributed by atoms with Crippen molar-refractivity contribution in [2.45, 2.75) is 44.0 Å². The highest BCUT2D eigenvalue weighted by atomic mass is 32.2. The lowest BCUT2D eigenvalue weighted by molar-refractivity contribution is 0.598. The Morgan fingerprint density at radius 1 is 1.20 bits per heavy atom. The molecule has 1 aromatic heterocycles. The number of aryl methyl sites for hydroxylation is 2. The minimum atomic E-state index is -3.70. The van der Waals surface area contributed by atoms with Crippen LogP contribution in [0, 0.1) is 13.8 Å². The fourth-order valence-electron chi connectivity index (χ4n) is 2.70. The van der Waals surface area contributed by atoms with Gasteiger partial charge in [-0.15, -0.1) is 0 Å². The predicted octanol–water partition coefficient (Wildman–Crippen LogP) is 1.38. The monoisotopic (exact) mass is 447 g/mol. The Labute approximate surface area is 181 Å². The number of benzene rings is 1. The van der Waals surface area contributed by atoms with Crippen molar-refractivity contribution in [3.63, 3.8) is 0 Å². The lowest BCUT2D eigenvalue weighted by atomic mass is 10.1. The van der Waals surface area contributed by atoms with Crippen LogP contribution in [0.3, 0.4) is 0 Å². The number of aliphatic imine (C=N–C) groups is 1. The van der Waals surface area contributed by atoms with Crippen molar-refractivity contribution in [1.82, 2.24) is 20.6 Å². The summed E-state index contributed by atoms with van der Waals surface area (Å²) in [7, 11) is -3.70. The summed E-state index contributed by atoms with van der Waals surface area (Å²) in [4.78, 5) is 13.4. The van der Waals surface area contributed by atoms with E-state index < -0.39 is 10.0 Å². The van der Waals surface area contributed by atoms with Crippen molar-refractivity contribution in [3.8, 4) is 0 Å². The molecule has 11 heteroatoms. The fraction of sp³-hybridized carbons (Fsp3) is 0.368. The summed E-state index contributed by atoms with van der Waals surface area (Å²) in [5.41, 5.74) is 2.63. The molecule has 1 heterocycles. The van der Waals surface area contributed by atoms with Gasteiger partial charge in [0.2, 0.25) is 21.9 Å². The average molecular weight is 448 g/mol. The number of thiocarbonyl (C=S) groups is 1. The van der Waals surface area contributed by atoms with Gasteiger partial charge in [0.25, 0.3) is 0 Å². The van der Waals surface area contributed by atoms with Crippen LogP contribution >= 0.6 is 12.2 Å². The maximum Gasteiger partial charge on any atom is 0.238 e. The molecule has 0 saturated heterocycles. The van der Waals surface area contributed by atoms with Crippen LogP contribution in [-0.2, 0) is 16.4 Å². The Hall–Kier alpha value is -2.63. The van der Waals surface area contributed by atoms with Gasteiger partial charge in [-0.2, -0.15) is 0 Å². The molecule has 5 N–H and O–H groups in total. The standard InChI is InChI=1S/C19H25N7O2S2/c1-12-11-13(2)23-18(22-12)25-17(26-19(29)24-15-5-6-15)21-10-9-14-3-7-16(8-4-14)30(20,27)28/h3-4,7-8,11,15H,5-6,9-10H2,1-2H3,(H2,20,27,28)(H3,21,22,23,24,25,26,29). The van der Waals surface area contributed by atoms with E-state index in [1.165, 1.54) is 12.1 Å². The number of nitrogens with two attached hydrogens (primary N) is 1. The highest BCUT2D eigenvalue weighted by Gasteiger charge is 2.22. The van der Waals surface area contributed by atoms with Crippen LogP contribution in [-0.4, -0.2) is 42.0 Å². The molecule has 0 amide bonds. The molecule has 1 aliphatic carbocycles. The molecule has 30 heavy (non-hydrogen) atoms. The summed E-state index contributed by atoms with van der Waals surface area (Å²) in [6, 6.07) is 8.73. The largest absolute Gasteiger partial charge is 0.360 e. The first-order valence-corrected chi connectivity index (χ1v) is 11.5. The van der Waals surface area contributed by atoms with Gasteiger partial charge in [-0.3, -0.25) is 10.3 Å². The van der Waals surface area contributed by atoms with Crippen LogP contribution in [0.2, 0.25) is 0 Å². The van der Waals surface area contributed by atoms with Gasteiger partial charge in [0, 0.05) is 24.0 Å². The molecule has 0 radical (unpaired) electrons. The molecule has 1 aliphatic rings. The van der Waals surface area contributed by atoms with Crippen LogP contribution < -0.4 is 21.1 Å². The van der Waals surface area contributed by atoms with E-state index in [4.69, 9.17) is 17.4 Å². The quantitative estimate of drug-likeness (QED) is 0.296. The van der Waals surface area contributed by atoms with Crippen LogP contribution in [0.4, 0.5) is 5.95 Å². The zero-order chi connectivity index (χ0) is 21.7. The second-order valence-corrected chi connectivity index (χ2v) is 9.11. The van der Waals surface area contributed by atoms with Gasteiger partial charge in [0.15, 0.2) is 5.11 Å². The van der Waals surface area contributed by atoms with Crippen LogP contribution in [0.25, 0.3) is 0 Å². The highest BCUT2D eigenvalue weighted by molar-refractivity contribution is 7.89. The van der Waals surface area contributed by atoms with Crippen LogP contribution in [0.15, 0.2) is 40.2 Å². The number of anilines is 1. The normalized spacial score (nSPS) is 14.3. The third-order valence-corrected chi connectivity index (χ3v) is 5.43.